The molecule has 0 saturated heterocycles. The van der Waals surface area contributed by atoms with Crippen molar-refractivity contribution in [3.8, 4) is 0 Å². The summed E-state index contributed by atoms with van der Waals surface area (Å²) in [5, 5.41) is 0. The van der Waals surface area contributed by atoms with Crippen molar-refractivity contribution in [2.75, 3.05) is 0 Å². The van der Waals surface area contributed by atoms with Crippen molar-refractivity contribution in [3.63, 3.8) is 0 Å². The summed E-state index contributed by atoms with van der Waals surface area (Å²) in [7, 11) is 0. The average molecular weight is 185 g/mol. The summed E-state index contributed by atoms with van der Waals surface area (Å²) in [5.41, 5.74) is 2.07. The molecule has 0 heterocycles. The number of nitrogens with one attached hydrogen (secondary N) is 1. The molecule has 0 aliphatic heterocycles. The van der Waals surface area contributed by atoms with Gasteiger partial charge in [0.25, 0.3) is 5.91 Å². The zero-order chi connectivity index (χ0) is 10.4. The molecule has 0 aromatic heterocycles. The smallest absolute Gasteiger partial charge is 0.339 e. The fraction of sp³-hybridized carbons (Fsp3) is 0.375. The molecule has 0 aromatic rings. The summed E-state index contributed by atoms with van der Waals surface area (Å²) in [4.78, 5) is 36.1. The monoisotopic (exact) mass is 185 g/mol. The van der Waals surface area contributed by atoms with Gasteiger partial charge in [0.2, 0.25) is 0 Å². The van der Waals surface area contributed by atoms with Gasteiger partial charge in [0.05, 0.1) is 0 Å². The quantitative estimate of drug-likeness (QED) is 0.385. The number of carbonyl (C=O) groups excluding carboxylic acids is 3. The van der Waals surface area contributed by atoms with E-state index in [0.29, 0.717) is 0 Å². The largest absolute Gasteiger partial charge is 0.340 e. The number of carbonyl (C=O) groups is 3. The molecule has 0 rings (SSSR count). The number of amides is 1. The first kappa shape index (κ1) is 11.4. The standard InChI is InChI=1S/C8H11NO4/c1-5(2)8(12)9-13-7(11)4-6(3)10/h1,4H2,2-3H3,(H,9,12). The van der Waals surface area contributed by atoms with Gasteiger partial charge in [0, 0.05) is 5.57 Å². The van der Waals surface area contributed by atoms with Crippen molar-refractivity contribution in [1.82, 2.24) is 5.48 Å². The fourth-order valence-corrected chi connectivity index (χ4v) is 0.430. The number of rotatable bonds is 3. The lowest BCUT2D eigenvalue weighted by atomic mass is 10.3. The third kappa shape index (κ3) is 5.60. The maximum absolute atomic E-state index is 10.8. The molecular weight excluding hydrogens is 174 g/mol. The van der Waals surface area contributed by atoms with Crippen LogP contribution in [0, 0.1) is 0 Å². The summed E-state index contributed by atoms with van der Waals surface area (Å²) in [5.74, 6) is -1.70. The lowest BCUT2D eigenvalue weighted by Crippen LogP contribution is -2.28. The Morgan fingerprint density at radius 1 is 1.31 bits per heavy atom. The zero-order valence-electron chi connectivity index (χ0n) is 7.55. The van der Waals surface area contributed by atoms with Gasteiger partial charge >= 0.3 is 5.97 Å². The van der Waals surface area contributed by atoms with Crippen molar-refractivity contribution in [3.05, 3.63) is 12.2 Å². The van der Waals surface area contributed by atoms with E-state index in [0.717, 1.165) is 0 Å². The summed E-state index contributed by atoms with van der Waals surface area (Å²) in [6, 6.07) is 0. The van der Waals surface area contributed by atoms with Crippen LogP contribution >= 0.6 is 0 Å². The molecule has 5 nitrogen and oxygen atoms in total. The Balaban J connectivity index is 3.77. The molecule has 0 fully saturated rings. The number of hydrogen-bond donors (Lipinski definition) is 1. The highest BCUT2D eigenvalue weighted by Crippen LogP contribution is 1.88. The Labute approximate surface area is 75.7 Å². The minimum Gasteiger partial charge on any atom is -0.340 e. The van der Waals surface area contributed by atoms with Crippen LogP contribution in [0.2, 0.25) is 0 Å². The van der Waals surface area contributed by atoms with Crippen LogP contribution in [0.25, 0.3) is 0 Å². The van der Waals surface area contributed by atoms with Gasteiger partial charge in [-0.05, 0) is 13.8 Å². The summed E-state index contributed by atoms with van der Waals surface area (Å²) in [6.07, 6.45) is -0.351. The highest BCUT2D eigenvalue weighted by molar-refractivity contribution is 5.96. The maximum atomic E-state index is 10.8. The third-order valence-corrected chi connectivity index (χ3v) is 1.04. The van der Waals surface area contributed by atoms with Gasteiger partial charge in [0.15, 0.2) is 0 Å². The highest BCUT2D eigenvalue weighted by Gasteiger charge is 2.08. The minimum absolute atomic E-state index is 0.218. The summed E-state index contributed by atoms with van der Waals surface area (Å²) >= 11 is 0. The number of Topliss-reactive ketones (excluding diaryl/α,β-unsaturated/α-hetero) is 1. The predicted octanol–water partition coefficient (Wildman–Crippen LogP) is 0.116. The first-order valence-corrected chi connectivity index (χ1v) is 3.58. The van der Waals surface area contributed by atoms with Crippen LogP contribution < -0.4 is 5.48 Å². The molecule has 5 heteroatoms. The number of ketones is 1. The van der Waals surface area contributed by atoms with E-state index in [-0.39, 0.29) is 17.8 Å². The van der Waals surface area contributed by atoms with Crippen molar-refractivity contribution < 1.29 is 19.2 Å². The lowest BCUT2D eigenvalue weighted by Gasteiger charge is -2.03. The SMILES string of the molecule is C=C(C)C(=O)NOC(=O)CC(C)=O. The maximum Gasteiger partial charge on any atom is 0.339 e. The van der Waals surface area contributed by atoms with Crippen LogP contribution in [0.3, 0.4) is 0 Å². The van der Waals surface area contributed by atoms with Crippen LogP contribution in [0.15, 0.2) is 12.2 Å². The first-order chi connectivity index (χ1) is 5.93. The number of hydrogen-bond acceptors (Lipinski definition) is 4. The van der Waals surface area contributed by atoms with Crippen molar-refractivity contribution in [2.45, 2.75) is 20.3 Å². The van der Waals surface area contributed by atoms with Gasteiger partial charge in [-0.3, -0.25) is 9.59 Å². The molecule has 0 aliphatic rings. The third-order valence-electron chi connectivity index (χ3n) is 1.04. The molecule has 0 saturated carbocycles. The summed E-state index contributed by atoms with van der Waals surface area (Å²) < 4.78 is 0. The van der Waals surface area contributed by atoms with E-state index in [1.807, 2.05) is 5.48 Å². The Hall–Kier alpha value is -1.65. The number of hydroxylamine groups is 1. The van der Waals surface area contributed by atoms with Crippen LogP contribution in [-0.4, -0.2) is 17.7 Å². The van der Waals surface area contributed by atoms with Gasteiger partial charge in [0.1, 0.15) is 12.2 Å². The van der Waals surface area contributed by atoms with Gasteiger partial charge in [-0.15, -0.1) is 0 Å². The Bertz CT molecular complexity index is 257. The molecule has 0 unspecified atom stereocenters. The van der Waals surface area contributed by atoms with Crippen molar-refractivity contribution in [2.24, 2.45) is 0 Å². The Morgan fingerprint density at radius 2 is 1.85 bits per heavy atom. The molecule has 0 bridgehead atoms. The average Bonchev–Trinajstić information content (AvgIpc) is 1.98. The molecule has 0 spiro atoms. The first-order valence-electron chi connectivity index (χ1n) is 3.58. The second-order valence-corrected chi connectivity index (χ2v) is 2.56. The Kier molecular flexibility index (Phi) is 4.43. The lowest BCUT2D eigenvalue weighted by molar-refractivity contribution is -0.158. The predicted molar refractivity (Wildman–Crippen MR) is 44.3 cm³/mol. The van der Waals surface area contributed by atoms with Gasteiger partial charge < -0.3 is 4.84 Å². The van der Waals surface area contributed by atoms with Crippen LogP contribution in [0.5, 0.6) is 0 Å². The molecule has 0 aromatic carbocycles. The van der Waals surface area contributed by atoms with Crippen LogP contribution in [-0.2, 0) is 19.2 Å². The Morgan fingerprint density at radius 3 is 2.23 bits per heavy atom. The molecule has 1 N–H and O–H groups in total. The van der Waals surface area contributed by atoms with E-state index in [1.54, 1.807) is 0 Å². The molecule has 0 aliphatic carbocycles. The second-order valence-electron chi connectivity index (χ2n) is 2.56. The summed E-state index contributed by atoms with van der Waals surface area (Å²) in [6.45, 7) is 6.04. The zero-order valence-corrected chi connectivity index (χ0v) is 7.55. The molecule has 0 atom stereocenters. The van der Waals surface area contributed by atoms with Gasteiger partial charge in [-0.2, -0.15) is 5.48 Å². The van der Waals surface area contributed by atoms with E-state index in [4.69, 9.17) is 0 Å². The minimum atomic E-state index is -0.790. The van der Waals surface area contributed by atoms with Gasteiger partial charge in [-0.25, -0.2) is 4.79 Å². The van der Waals surface area contributed by atoms with Gasteiger partial charge in [-0.1, -0.05) is 6.58 Å². The fourth-order valence-electron chi connectivity index (χ4n) is 0.430. The molecule has 0 radical (unpaired) electrons. The van der Waals surface area contributed by atoms with Crippen LogP contribution in [0.4, 0.5) is 0 Å². The normalized spacial score (nSPS) is 8.77. The molecule has 13 heavy (non-hydrogen) atoms. The van der Waals surface area contributed by atoms with E-state index < -0.39 is 11.9 Å². The van der Waals surface area contributed by atoms with E-state index in [2.05, 4.69) is 11.4 Å². The molecular formula is C8H11NO4. The topological polar surface area (TPSA) is 72.5 Å². The van der Waals surface area contributed by atoms with E-state index in [1.165, 1.54) is 13.8 Å². The highest BCUT2D eigenvalue weighted by atomic mass is 16.7. The van der Waals surface area contributed by atoms with Crippen molar-refractivity contribution in [1.29, 1.82) is 0 Å². The molecule has 1 amide bonds. The van der Waals surface area contributed by atoms with E-state index >= 15 is 0 Å². The van der Waals surface area contributed by atoms with Crippen molar-refractivity contribution >= 4 is 17.7 Å². The van der Waals surface area contributed by atoms with Crippen LogP contribution in [0.1, 0.15) is 20.3 Å². The molecule has 72 valence electrons. The van der Waals surface area contributed by atoms with E-state index in [9.17, 15) is 14.4 Å². The second kappa shape index (κ2) is 5.08.